The summed E-state index contributed by atoms with van der Waals surface area (Å²) >= 11 is 0. The van der Waals surface area contributed by atoms with Crippen molar-refractivity contribution < 1.29 is 19.1 Å². The van der Waals surface area contributed by atoms with Gasteiger partial charge in [-0.05, 0) is 36.3 Å². The third-order valence-electron chi connectivity index (χ3n) is 4.02. The summed E-state index contributed by atoms with van der Waals surface area (Å²) < 4.78 is 10.8. The number of ether oxygens (including phenoxy) is 2. The summed E-state index contributed by atoms with van der Waals surface area (Å²) in [6.07, 6.45) is 1.66. The summed E-state index contributed by atoms with van der Waals surface area (Å²) in [5, 5.41) is 0. The number of Topliss-reactive ketones (excluding diaryl/α,β-unsaturated/α-hetero) is 1. The van der Waals surface area contributed by atoms with Crippen LogP contribution in [0.2, 0.25) is 0 Å². The predicted octanol–water partition coefficient (Wildman–Crippen LogP) is 4.12. The van der Waals surface area contributed by atoms with E-state index in [1.807, 2.05) is 60.7 Å². The van der Waals surface area contributed by atoms with E-state index in [4.69, 9.17) is 9.47 Å². The molecule has 0 saturated heterocycles. The molecule has 0 aliphatic rings. The van der Waals surface area contributed by atoms with Crippen molar-refractivity contribution in [3.8, 4) is 11.8 Å². The van der Waals surface area contributed by atoms with Gasteiger partial charge in [0.2, 0.25) is 5.78 Å². The third-order valence-corrected chi connectivity index (χ3v) is 4.02. The lowest BCUT2D eigenvalue weighted by Crippen LogP contribution is -2.15. The smallest absolute Gasteiger partial charge is 0.303 e. The Morgan fingerprint density at radius 3 is 2.25 bits per heavy atom. The molecule has 146 valence electrons. The Morgan fingerprint density at radius 2 is 1.61 bits per heavy atom. The first-order chi connectivity index (χ1) is 13.6. The molecule has 0 bridgehead atoms. The zero-order valence-electron chi connectivity index (χ0n) is 16.2. The van der Waals surface area contributed by atoms with Crippen LogP contribution in [-0.2, 0) is 32.1 Å². The Labute approximate surface area is 166 Å². The minimum Gasteiger partial charge on any atom is -0.449 e. The van der Waals surface area contributed by atoms with Crippen LogP contribution in [0.15, 0.2) is 60.7 Å². The number of rotatable bonds is 10. The molecule has 0 radical (unpaired) electrons. The molecule has 0 N–H and O–H groups in total. The van der Waals surface area contributed by atoms with Crippen molar-refractivity contribution in [2.75, 3.05) is 6.61 Å². The van der Waals surface area contributed by atoms with Crippen LogP contribution in [0.3, 0.4) is 0 Å². The minimum atomic E-state index is -0.573. The highest BCUT2D eigenvalue weighted by molar-refractivity contribution is 5.95. The van der Waals surface area contributed by atoms with Gasteiger partial charge >= 0.3 is 5.97 Å². The third kappa shape index (κ3) is 9.16. The maximum atomic E-state index is 12.0. The summed E-state index contributed by atoms with van der Waals surface area (Å²) in [6.45, 7) is 2.39. The molecule has 0 aromatic heterocycles. The SMILES string of the molecule is CC(=O)OC(C#CC(=O)CCCOCc1ccccc1)CCc1ccccc1. The number of carbonyl (C=O) groups excluding carboxylic acids is 2. The molecule has 28 heavy (non-hydrogen) atoms. The monoisotopic (exact) mass is 378 g/mol. The lowest BCUT2D eigenvalue weighted by atomic mass is 10.1. The lowest BCUT2D eigenvalue weighted by Gasteiger charge is -2.10. The van der Waals surface area contributed by atoms with Crippen LogP contribution in [0.5, 0.6) is 0 Å². The van der Waals surface area contributed by atoms with Crippen molar-refractivity contribution in [3.05, 3.63) is 71.8 Å². The first-order valence-corrected chi connectivity index (χ1v) is 9.50. The summed E-state index contributed by atoms with van der Waals surface area (Å²) in [5.74, 6) is 4.85. The first kappa shape index (κ1) is 21.4. The van der Waals surface area contributed by atoms with E-state index >= 15 is 0 Å². The van der Waals surface area contributed by atoms with Crippen LogP contribution >= 0.6 is 0 Å². The van der Waals surface area contributed by atoms with E-state index in [2.05, 4.69) is 11.8 Å². The number of ketones is 1. The number of benzene rings is 2. The Balaban J connectivity index is 1.72. The van der Waals surface area contributed by atoms with Gasteiger partial charge in [-0.25, -0.2) is 0 Å². The molecular weight excluding hydrogens is 352 g/mol. The quantitative estimate of drug-likeness (QED) is 0.270. The van der Waals surface area contributed by atoms with Crippen molar-refractivity contribution in [2.24, 2.45) is 0 Å². The minimum absolute atomic E-state index is 0.167. The Bertz CT molecular complexity index is 788. The summed E-state index contributed by atoms with van der Waals surface area (Å²) in [6, 6.07) is 19.8. The number of hydrogen-bond donors (Lipinski definition) is 0. The van der Waals surface area contributed by atoms with E-state index in [0.717, 1.165) is 17.5 Å². The summed E-state index contributed by atoms with van der Waals surface area (Å²) in [5.41, 5.74) is 2.25. The van der Waals surface area contributed by atoms with Crippen molar-refractivity contribution in [3.63, 3.8) is 0 Å². The predicted molar refractivity (Wildman–Crippen MR) is 108 cm³/mol. The topological polar surface area (TPSA) is 52.6 Å². The van der Waals surface area contributed by atoms with Gasteiger partial charge in [-0.2, -0.15) is 0 Å². The Kier molecular flexibility index (Phi) is 9.54. The molecule has 4 heteroatoms. The summed E-state index contributed by atoms with van der Waals surface area (Å²) in [7, 11) is 0. The summed E-state index contributed by atoms with van der Waals surface area (Å²) in [4.78, 5) is 23.3. The number of aryl methyl sites for hydroxylation is 1. The fourth-order valence-electron chi connectivity index (χ4n) is 2.63. The zero-order chi connectivity index (χ0) is 20.0. The average molecular weight is 378 g/mol. The molecule has 4 nitrogen and oxygen atoms in total. The molecule has 2 rings (SSSR count). The Morgan fingerprint density at radius 1 is 0.964 bits per heavy atom. The van der Waals surface area contributed by atoms with E-state index in [9.17, 15) is 9.59 Å². The molecule has 0 saturated carbocycles. The fraction of sp³-hybridized carbons (Fsp3) is 0.333. The normalized spacial score (nSPS) is 11.2. The highest BCUT2D eigenvalue weighted by Crippen LogP contribution is 2.08. The van der Waals surface area contributed by atoms with Crippen molar-refractivity contribution in [1.29, 1.82) is 0 Å². The highest BCUT2D eigenvalue weighted by atomic mass is 16.5. The molecule has 0 spiro atoms. The first-order valence-electron chi connectivity index (χ1n) is 9.50. The molecule has 0 aliphatic carbocycles. The molecule has 1 atom stereocenters. The van der Waals surface area contributed by atoms with Gasteiger partial charge in [0.1, 0.15) is 0 Å². The van der Waals surface area contributed by atoms with Gasteiger partial charge in [0.15, 0.2) is 6.10 Å². The maximum Gasteiger partial charge on any atom is 0.303 e. The van der Waals surface area contributed by atoms with Crippen LogP contribution in [0.1, 0.15) is 37.3 Å². The van der Waals surface area contributed by atoms with Gasteiger partial charge in [-0.3, -0.25) is 9.59 Å². The van der Waals surface area contributed by atoms with E-state index in [0.29, 0.717) is 32.5 Å². The van der Waals surface area contributed by atoms with Crippen LogP contribution in [0.4, 0.5) is 0 Å². The van der Waals surface area contributed by atoms with Gasteiger partial charge in [-0.1, -0.05) is 66.6 Å². The van der Waals surface area contributed by atoms with Crippen LogP contribution in [0.25, 0.3) is 0 Å². The second-order valence-corrected chi connectivity index (χ2v) is 6.46. The molecular formula is C24H26O4. The van der Waals surface area contributed by atoms with Gasteiger partial charge in [0, 0.05) is 20.0 Å². The van der Waals surface area contributed by atoms with Crippen molar-refractivity contribution in [2.45, 2.75) is 45.3 Å². The molecule has 0 aliphatic heterocycles. The van der Waals surface area contributed by atoms with Gasteiger partial charge < -0.3 is 9.47 Å². The van der Waals surface area contributed by atoms with Crippen molar-refractivity contribution >= 4 is 11.8 Å². The zero-order valence-corrected chi connectivity index (χ0v) is 16.2. The fourth-order valence-corrected chi connectivity index (χ4v) is 2.63. The second kappa shape index (κ2) is 12.5. The van der Waals surface area contributed by atoms with Crippen molar-refractivity contribution in [1.82, 2.24) is 0 Å². The Hall–Kier alpha value is -2.90. The van der Waals surface area contributed by atoms with E-state index < -0.39 is 12.1 Å². The second-order valence-electron chi connectivity index (χ2n) is 6.46. The largest absolute Gasteiger partial charge is 0.449 e. The van der Waals surface area contributed by atoms with Crippen LogP contribution in [-0.4, -0.2) is 24.5 Å². The van der Waals surface area contributed by atoms with E-state index in [-0.39, 0.29) is 5.78 Å². The standard InChI is InChI=1S/C24H26O4/c1-20(25)28-24(16-14-21-9-4-2-5-10-21)17-15-23(26)13-8-18-27-19-22-11-6-3-7-12-22/h2-7,9-12,24H,8,13-14,16,18-19H2,1H3. The van der Waals surface area contributed by atoms with Gasteiger partial charge in [0.05, 0.1) is 6.61 Å². The van der Waals surface area contributed by atoms with Crippen LogP contribution in [0, 0.1) is 11.8 Å². The van der Waals surface area contributed by atoms with E-state index in [1.165, 1.54) is 6.92 Å². The molecule has 0 amide bonds. The van der Waals surface area contributed by atoms with E-state index in [1.54, 1.807) is 0 Å². The molecule has 2 aromatic carbocycles. The average Bonchev–Trinajstić information content (AvgIpc) is 2.71. The maximum absolute atomic E-state index is 12.0. The van der Waals surface area contributed by atoms with Crippen LogP contribution < -0.4 is 0 Å². The molecule has 1 unspecified atom stereocenters. The number of hydrogen-bond acceptors (Lipinski definition) is 4. The number of carbonyl (C=O) groups is 2. The van der Waals surface area contributed by atoms with Gasteiger partial charge in [-0.15, -0.1) is 0 Å². The highest BCUT2D eigenvalue weighted by Gasteiger charge is 2.09. The molecule has 2 aromatic rings. The molecule has 0 fully saturated rings. The lowest BCUT2D eigenvalue weighted by molar-refractivity contribution is -0.144. The van der Waals surface area contributed by atoms with Gasteiger partial charge in [0.25, 0.3) is 0 Å². The molecule has 0 heterocycles. The number of esters is 1.